The zero-order valence-electron chi connectivity index (χ0n) is 18.8. The number of nitrogens with zero attached hydrogens (tertiary/aromatic N) is 2. The van der Waals surface area contributed by atoms with Crippen molar-refractivity contribution in [2.45, 2.75) is 25.4 Å². The molecule has 33 heavy (non-hydrogen) atoms. The molecule has 3 aromatic rings. The van der Waals surface area contributed by atoms with E-state index in [1.165, 1.54) is 23.3 Å². The van der Waals surface area contributed by atoms with Crippen LogP contribution in [-0.4, -0.2) is 47.5 Å². The summed E-state index contributed by atoms with van der Waals surface area (Å²) in [7, 11) is 0. The molecule has 5 rings (SSSR count). The Morgan fingerprint density at radius 1 is 0.788 bits per heavy atom. The molecule has 1 aliphatic heterocycles. The summed E-state index contributed by atoms with van der Waals surface area (Å²) in [6, 6.07) is 21.4. The molecule has 4 nitrogen and oxygen atoms in total. The maximum absolute atomic E-state index is 14.3. The van der Waals surface area contributed by atoms with Crippen molar-refractivity contribution in [2.24, 2.45) is 0 Å². The molecule has 168 valence electrons. The van der Waals surface area contributed by atoms with Crippen molar-refractivity contribution >= 4 is 11.6 Å². The van der Waals surface area contributed by atoms with Crippen LogP contribution in [-0.2, 0) is 18.5 Å². The molecule has 0 amide bonds. The number of rotatable bonds is 5. The normalized spacial score (nSPS) is 18.5. The number of halogens is 1. The third kappa shape index (κ3) is 3.52. The number of hydrogen-bond acceptors (Lipinski definition) is 4. The van der Waals surface area contributed by atoms with E-state index in [-0.39, 0.29) is 11.6 Å². The summed E-state index contributed by atoms with van der Waals surface area (Å²) in [6.07, 6.45) is 0.986. The molecule has 0 unspecified atom stereocenters. The molecule has 5 heteroatoms. The Hall–Kier alpha value is -3.15. The van der Waals surface area contributed by atoms with Crippen LogP contribution in [0.2, 0.25) is 0 Å². The summed E-state index contributed by atoms with van der Waals surface area (Å²) in [5, 5.41) is 0. The van der Waals surface area contributed by atoms with Gasteiger partial charge >= 0.3 is 0 Å². The van der Waals surface area contributed by atoms with E-state index < -0.39 is 11.4 Å². The summed E-state index contributed by atoms with van der Waals surface area (Å²) in [4.78, 5) is 31.9. The maximum Gasteiger partial charge on any atom is 0.196 e. The predicted octanol–water partition coefficient (Wildman–Crippen LogP) is 4.48. The minimum absolute atomic E-state index is 0.251. The molecule has 0 atom stereocenters. The molecule has 1 aliphatic carbocycles. The van der Waals surface area contributed by atoms with E-state index in [9.17, 15) is 14.0 Å². The van der Waals surface area contributed by atoms with Gasteiger partial charge in [0.05, 0.1) is 0 Å². The first kappa shape index (κ1) is 21.7. The molecular weight excluding hydrogens is 415 g/mol. The van der Waals surface area contributed by atoms with Crippen LogP contribution in [0.3, 0.4) is 0 Å². The van der Waals surface area contributed by atoms with Crippen LogP contribution >= 0.6 is 0 Å². The standard InChI is InChI=1S/C28H27FN2O2/c1-2-20-8-3-4-9-21(20)19-30-14-16-31(17-15-30)28(22-10-7-11-23(29)18-22)26(32)24-12-5-6-13-25(24)27(28)33/h3-13,18H,2,14-17,19H2,1H3. The molecule has 0 aromatic heterocycles. The Labute approximate surface area is 193 Å². The second-order valence-electron chi connectivity index (χ2n) is 8.81. The van der Waals surface area contributed by atoms with Gasteiger partial charge in [0.15, 0.2) is 17.1 Å². The molecule has 1 saturated heterocycles. The second-order valence-corrected chi connectivity index (χ2v) is 8.81. The quantitative estimate of drug-likeness (QED) is 0.547. The zero-order valence-corrected chi connectivity index (χ0v) is 18.8. The SMILES string of the molecule is CCc1ccccc1CN1CCN(C2(c3cccc(F)c3)C(=O)c3ccccc3C2=O)CC1. The van der Waals surface area contributed by atoms with Crippen molar-refractivity contribution in [2.75, 3.05) is 26.2 Å². The van der Waals surface area contributed by atoms with E-state index >= 15 is 0 Å². The summed E-state index contributed by atoms with van der Waals surface area (Å²) >= 11 is 0. The van der Waals surface area contributed by atoms with Gasteiger partial charge in [-0.25, -0.2) is 4.39 Å². The summed E-state index contributed by atoms with van der Waals surface area (Å²) in [6.45, 7) is 5.56. The van der Waals surface area contributed by atoms with Crippen molar-refractivity contribution in [3.05, 3.63) is 106 Å². The number of Topliss-reactive ketones (excluding diaryl/α,β-unsaturated/α-hetero) is 2. The first-order valence-electron chi connectivity index (χ1n) is 11.5. The Balaban J connectivity index is 1.46. The van der Waals surface area contributed by atoms with Crippen molar-refractivity contribution < 1.29 is 14.0 Å². The van der Waals surface area contributed by atoms with Gasteiger partial charge in [0.25, 0.3) is 0 Å². The van der Waals surface area contributed by atoms with Gasteiger partial charge in [-0.2, -0.15) is 0 Å². The fourth-order valence-electron chi connectivity index (χ4n) is 5.36. The molecule has 1 fully saturated rings. The Morgan fingerprint density at radius 2 is 1.39 bits per heavy atom. The van der Waals surface area contributed by atoms with Crippen LogP contribution in [0.15, 0.2) is 72.8 Å². The van der Waals surface area contributed by atoms with Gasteiger partial charge in [-0.1, -0.05) is 67.6 Å². The fraction of sp³-hybridized carbons (Fsp3) is 0.286. The summed E-state index contributed by atoms with van der Waals surface area (Å²) < 4.78 is 14.3. The average molecular weight is 443 g/mol. The van der Waals surface area contributed by atoms with Crippen molar-refractivity contribution in [1.82, 2.24) is 9.80 Å². The molecular formula is C28H27FN2O2. The van der Waals surface area contributed by atoms with Crippen LogP contribution in [0.1, 0.15) is 44.3 Å². The number of carbonyl (C=O) groups is 2. The van der Waals surface area contributed by atoms with Gasteiger partial charge in [0.1, 0.15) is 5.82 Å². The number of carbonyl (C=O) groups excluding carboxylic acids is 2. The van der Waals surface area contributed by atoms with Gasteiger partial charge in [-0.05, 0) is 35.2 Å². The van der Waals surface area contributed by atoms with Gasteiger partial charge in [-0.3, -0.25) is 19.4 Å². The van der Waals surface area contributed by atoms with Crippen LogP contribution in [0.4, 0.5) is 4.39 Å². The number of hydrogen-bond donors (Lipinski definition) is 0. The molecule has 2 aliphatic rings. The van der Waals surface area contributed by atoms with E-state index in [1.54, 1.807) is 36.4 Å². The average Bonchev–Trinajstić information content (AvgIpc) is 3.08. The Kier molecular flexibility index (Phi) is 5.69. The minimum atomic E-state index is -1.50. The number of fused-ring (bicyclic) bond motifs is 1. The van der Waals surface area contributed by atoms with Gasteiger partial charge < -0.3 is 0 Å². The van der Waals surface area contributed by atoms with Gasteiger partial charge in [-0.15, -0.1) is 0 Å². The smallest absolute Gasteiger partial charge is 0.196 e. The minimum Gasteiger partial charge on any atom is -0.297 e. The first-order chi connectivity index (χ1) is 16.1. The lowest BCUT2D eigenvalue weighted by molar-refractivity contribution is 0.0278. The van der Waals surface area contributed by atoms with Crippen LogP contribution in [0.25, 0.3) is 0 Å². The molecule has 3 aromatic carbocycles. The van der Waals surface area contributed by atoms with Gasteiger partial charge in [0.2, 0.25) is 0 Å². The van der Waals surface area contributed by atoms with Crippen molar-refractivity contribution in [1.29, 1.82) is 0 Å². The Bertz CT molecular complexity index is 1180. The van der Waals surface area contributed by atoms with Crippen molar-refractivity contribution in [3.8, 4) is 0 Å². The summed E-state index contributed by atoms with van der Waals surface area (Å²) in [5.74, 6) is -0.949. The van der Waals surface area contributed by atoms with E-state index in [0.29, 0.717) is 29.8 Å². The summed E-state index contributed by atoms with van der Waals surface area (Å²) in [5.41, 5.74) is 2.41. The van der Waals surface area contributed by atoms with Gasteiger partial charge in [0, 0.05) is 43.9 Å². The van der Waals surface area contributed by atoms with E-state index in [0.717, 1.165) is 26.1 Å². The topological polar surface area (TPSA) is 40.6 Å². The lowest BCUT2D eigenvalue weighted by atomic mass is 9.82. The lowest BCUT2D eigenvalue weighted by Gasteiger charge is -2.44. The largest absolute Gasteiger partial charge is 0.297 e. The van der Waals surface area contributed by atoms with E-state index in [4.69, 9.17) is 0 Å². The van der Waals surface area contributed by atoms with Crippen LogP contribution in [0.5, 0.6) is 0 Å². The second kappa shape index (κ2) is 8.65. The van der Waals surface area contributed by atoms with E-state index in [2.05, 4.69) is 36.1 Å². The highest BCUT2D eigenvalue weighted by atomic mass is 19.1. The van der Waals surface area contributed by atoms with Crippen LogP contribution < -0.4 is 0 Å². The molecule has 0 saturated carbocycles. The third-order valence-corrected chi connectivity index (χ3v) is 7.06. The highest BCUT2D eigenvalue weighted by Gasteiger charge is 2.58. The molecule has 0 radical (unpaired) electrons. The number of aryl methyl sites for hydroxylation is 1. The van der Waals surface area contributed by atoms with E-state index in [1.807, 2.05) is 4.90 Å². The lowest BCUT2D eigenvalue weighted by Crippen LogP contribution is -2.60. The maximum atomic E-state index is 14.3. The third-order valence-electron chi connectivity index (χ3n) is 7.06. The zero-order chi connectivity index (χ0) is 23.0. The number of benzene rings is 3. The molecule has 0 spiro atoms. The highest BCUT2D eigenvalue weighted by Crippen LogP contribution is 2.43. The highest BCUT2D eigenvalue weighted by molar-refractivity contribution is 6.32. The van der Waals surface area contributed by atoms with Crippen LogP contribution in [0, 0.1) is 5.82 Å². The number of ketones is 2. The van der Waals surface area contributed by atoms with Crippen molar-refractivity contribution in [3.63, 3.8) is 0 Å². The monoisotopic (exact) mass is 442 g/mol. The molecule has 1 heterocycles. The molecule has 0 N–H and O–H groups in total. The number of piperazine rings is 1. The Morgan fingerprint density at radius 3 is 2.00 bits per heavy atom. The first-order valence-corrected chi connectivity index (χ1v) is 11.5. The predicted molar refractivity (Wildman–Crippen MR) is 126 cm³/mol. The molecule has 0 bridgehead atoms. The fourth-order valence-corrected chi connectivity index (χ4v) is 5.36.